The van der Waals surface area contributed by atoms with Crippen LogP contribution in [0.2, 0.25) is 0 Å². The molecule has 1 fully saturated rings. The fourth-order valence-electron chi connectivity index (χ4n) is 4.82. The van der Waals surface area contributed by atoms with E-state index in [-0.39, 0.29) is 11.9 Å². The second-order valence-electron chi connectivity index (χ2n) is 9.16. The van der Waals surface area contributed by atoms with E-state index in [9.17, 15) is 4.79 Å². The van der Waals surface area contributed by atoms with Gasteiger partial charge < -0.3 is 14.5 Å². The minimum absolute atomic E-state index is 0.0613. The first kappa shape index (κ1) is 22.9. The molecule has 0 N–H and O–H groups in total. The predicted molar refractivity (Wildman–Crippen MR) is 142 cm³/mol. The molecule has 5 rings (SSSR count). The Bertz CT molecular complexity index is 1330. The van der Waals surface area contributed by atoms with Crippen LogP contribution in [0.25, 0.3) is 22.2 Å². The quantitative estimate of drug-likeness (QED) is 0.365. The standard InChI is InChI=1S/C30H31N3O2/c1-4-35-25-15-11-23(12-16-25)29-19-27(26-7-5-6-8-28(26)31-29)30(34)32-17-18-33(22(3)20-32)24-13-9-21(2)10-14-24/h5-16,19,22H,4,17-18,20H2,1-3H3/t22-/m0/s1. The van der Waals surface area contributed by atoms with Crippen LogP contribution in [0.1, 0.15) is 29.8 Å². The zero-order valence-electron chi connectivity index (χ0n) is 20.6. The summed E-state index contributed by atoms with van der Waals surface area (Å²) in [5.74, 6) is 0.889. The lowest BCUT2D eigenvalue weighted by molar-refractivity contribution is 0.0728. The second-order valence-corrected chi connectivity index (χ2v) is 9.16. The topological polar surface area (TPSA) is 45.7 Å². The van der Waals surface area contributed by atoms with E-state index in [1.165, 1.54) is 11.3 Å². The predicted octanol–water partition coefficient (Wildman–Crippen LogP) is 5.96. The number of aryl methyl sites for hydroxylation is 1. The monoisotopic (exact) mass is 465 g/mol. The highest BCUT2D eigenvalue weighted by Crippen LogP contribution is 2.28. The fourth-order valence-corrected chi connectivity index (χ4v) is 4.82. The largest absolute Gasteiger partial charge is 0.494 e. The maximum atomic E-state index is 13.8. The van der Waals surface area contributed by atoms with Crippen molar-refractivity contribution in [3.05, 3.63) is 90.0 Å². The highest BCUT2D eigenvalue weighted by molar-refractivity contribution is 6.07. The number of piperazine rings is 1. The van der Waals surface area contributed by atoms with Gasteiger partial charge in [0, 0.05) is 42.3 Å². The molecule has 1 saturated heterocycles. The van der Waals surface area contributed by atoms with Crippen molar-refractivity contribution >= 4 is 22.5 Å². The van der Waals surface area contributed by atoms with Gasteiger partial charge >= 0.3 is 0 Å². The van der Waals surface area contributed by atoms with Gasteiger partial charge in [-0.1, -0.05) is 35.9 Å². The number of fused-ring (bicyclic) bond motifs is 1. The van der Waals surface area contributed by atoms with Crippen LogP contribution in [-0.4, -0.2) is 48.1 Å². The molecule has 0 unspecified atom stereocenters. The minimum atomic E-state index is 0.0613. The lowest BCUT2D eigenvalue weighted by Gasteiger charge is -2.41. The number of para-hydroxylation sites is 1. The Morgan fingerprint density at radius 1 is 1.00 bits per heavy atom. The molecule has 1 atom stereocenters. The zero-order valence-corrected chi connectivity index (χ0v) is 20.6. The third-order valence-electron chi connectivity index (χ3n) is 6.69. The Labute approximate surface area is 207 Å². The van der Waals surface area contributed by atoms with Crippen molar-refractivity contribution < 1.29 is 9.53 Å². The fraction of sp³-hybridized carbons (Fsp3) is 0.267. The van der Waals surface area contributed by atoms with Crippen LogP contribution in [0.15, 0.2) is 78.9 Å². The highest BCUT2D eigenvalue weighted by atomic mass is 16.5. The maximum Gasteiger partial charge on any atom is 0.254 e. The molecule has 4 aromatic rings. The number of carbonyl (C=O) groups is 1. The molecule has 1 amide bonds. The van der Waals surface area contributed by atoms with Gasteiger partial charge in [0.05, 0.1) is 23.4 Å². The number of pyridine rings is 1. The minimum Gasteiger partial charge on any atom is -0.494 e. The smallest absolute Gasteiger partial charge is 0.254 e. The Morgan fingerprint density at radius 2 is 1.74 bits per heavy atom. The van der Waals surface area contributed by atoms with Crippen LogP contribution in [-0.2, 0) is 0 Å². The van der Waals surface area contributed by atoms with Crippen molar-refractivity contribution in [2.45, 2.75) is 26.8 Å². The zero-order chi connectivity index (χ0) is 24.4. The third-order valence-corrected chi connectivity index (χ3v) is 6.69. The van der Waals surface area contributed by atoms with Crippen molar-refractivity contribution in [2.24, 2.45) is 0 Å². The summed E-state index contributed by atoms with van der Waals surface area (Å²) < 4.78 is 5.58. The molecule has 5 heteroatoms. The van der Waals surface area contributed by atoms with Crippen molar-refractivity contribution in [3.8, 4) is 17.0 Å². The van der Waals surface area contributed by atoms with Crippen molar-refractivity contribution in [1.29, 1.82) is 0 Å². The first-order valence-corrected chi connectivity index (χ1v) is 12.3. The van der Waals surface area contributed by atoms with Gasteiger partial charge in [0.15, 0.2) is 0 Å². The number of ether oxygens (including phenoxy) is 1. The Hall–Kier alpha value is -3.86. The van der Waals surface area contributed by atoms with Gasteiger partial charge in [-0.2, -0.15) is 0 Å². The van der Waals surface area contributed by atoms with E-state index in [1.807, 2.05) is 66.4 Å². The summed E-state index contributed by atoms with van der Waals surface area (Å²) in [5, 5.41) is 0.890. The molecule has 5 nitrogen and oxygen atoms in total. The van der Waals surface area contributed by atoms with Crippen LogP contribution in [0, 0.1) is 6.92 Å². The van der Waals surface area contributed by atoms with E-state index in [1.54, 1.807) is 0 Å². The molecule has 1 aromatic heterocycles. The number of nitrogens with zero attached hydrogens (tertiary/aromatic N) is 3. The van der Waals surface area contributed by atoms with Gasteiger partial charge in [-0.3, -0.25) is 4.79 Å². The summed E-state index contributed by atoms with van der Waals surface area (Å²) in [4.78, 5) is 23.1. The molecule has 35 heavy (non-hydrogen) atoms. The van der Waals surface area contributed by atoms with Crippen LogP contribution in [0.5, 0.6) is 5.75 Å². The lowest BCUT2D eigenvalue weighted by Crippen LogP contribution is -2.53. The molecule has 1 aliphatic rings. The third kappa shape index (κ3) is 4.72. The van der Waals surface area contributed by atoms with E-state index in [0.717, 1.165) is 34.5 Å². The molecule has 0 bridgehead atoms. The molecular formula is C30H31N3O2. The van der Waals surface area contributed by atoms with Gasteiger partial charge in [0.1, 0.15) is 5.75 Å². The van der Waals surface area contributed by atoms with Crippen molar-refractivity contribution in [3.63, 3.8) is 0 Å². The molecular weight excluding hydrogens is 434 g/mol. The molecule has 1 aliphatic heterocycles. The normalized spacial score (nSPS) is 15.9. The number of amides is 1. The molecule has 0 saturated carbocycles. The van der Waals surface area contributed by atoms with Crippen LogP contribution < -0.4 is 9.64 Å². The first-order valence-electron chi connectivity index (χ1n) is 12.3. The summed E-state index contributed by atoms with van der Waals surface area (Å²) in [7, 11) is 0. The molecule has 0 aliphatic carbocycles. The van der Waals surface area contributed by atoms with Crippen LogP contribution in [0.3, 0.4) is 0 Å². The van der Waals surface area contributed by atoms with E-state index in [4.69, 9.17) is 9.72 Å². The molecule has 2 heterocycles. The molecule has 178 valence electrons. The summed E-state index contributed by atoms with van der Waals surface area (Å²) >= 11 is 0. The number of carbonyl (C=O) groups excluding carboxylic acids is 1. The average molecular weight is 466 g/mol. The second kappa shape index (κ2) is 9.79. The Balaban J connectivity index is 1.44. The van der Waals surface area contributed by atoms with E-state index in [0.29, 0.717) is 25.3 Å². The average Bonchev–Trinajstić information content (AvgIpc) is 2.89. The number of benzene rings is 3. The van der Waals surface area contributed by atoms with E-state index >= 15 is 0 Å². The van der Waals surface area contributed by atoms with Crippen molar-refractivity contribution in [2.75, 3.05) is 31.1 Å². The Kier molecular flexibility index (Phi) is 6.41. The molecule has 0 radical (unpaired) electrons. The van der Waals surface area contributed by atoms with Crippen molar-refractivity contribution in [1.82, 2.24) is 9.88 Å². The van der Waals surface area contributed by atoms with Crippen LogP contribution in [0.4, 0.5) is 5.69 Å². The van der Waals surface area contributed by atoms with Gasteiger partial charge in [-0.15, -0.1) is 0 Å². The Morgan fingerprint density at radius 3 is 2.46 bits per heavy atom. The summed E-state index contributed by atoms with van der Waals surface area (Å²) in [5.41, 5.74) is 5.75. The number of rotatable bonds is 5. The SMILES string of the molecule is CCOc1ccc(-c2cc(C(=O)N3CCN(c4ccc(C)cc4)[C@@H](C)C3)c3ccccc3n2)cc1. The number of hydrogen-bond donors (Lipinski definition) is 0. The van der Waals surface area contributed by atoms with Gasteiger partial charge in [-0.05, 0) is 69.3 Å². The van der Waals surface area contributed by atoms with E-state index in [2.05, 4.69) is 43.0 Å². The summed E-state index contributed by atoms with van der Waals surface area (Å²) in [6.07, 6.45) is 0. The molecule has 3 aromatic carbocycles. The van der Waals surface area contributed by atoms with Gasteiger partial charge in [0.25, 0.3) is 5.91 Å². The highest BCUT2D eigenvalue weighted by Gasteiger charge is 2.28. The lowest BCUT2D eigenvalue weighted by atomic mass is 10.0. The number of anilines is 1. The number of aromatic nitrogens is 1. The van der Waals surface area contributed by atoms with Gasteiger partial charge in [-0.25, -0.2) is 4.98 Å². The van der Waals surface area contributed by atoms with Gasteiger partial charge in [0.2, 0.25) is 0 Å². The first-order chi connectivity index (χ1) is 17.0. The molecule has 0 spiro atoms. The maximum absolute atomic E-state index is 13.8. The van der Waals surface area contributed by atoms with Crippen LogP contribution >= 0.6 is 0 Å². The number of hydrogen-bond acceptors (Lipinski definition) is 4. The summed E-state index contributed by atoms with van der Waals surface area (Å²) in [6.45, 7) is 9.07. The van der Waals surface area contributed by atoms with E-state index < -0.39 is 0 Å². The summed E-state index contributed by atoms with van der Waals surface area (Å²) in [6, 6.07) is 26.6.